The summed E-state index contributed by atoms with van der Waals surface area (Å²) in [6.07, 6.45) is 4.72. The van der Waals surface area contributed by atoms with Gasteiger partial charge in [-0.3, -0.25) is 4.79 Å². The number of para-hydroxylation sites is 2. The summed E-state index contributed by atoms with van der Waals surface area (Å²) in [4.78, 5) is 22.2. The van der Waals surface area contributed by atoms with E-state index < -0.39 is 0 Å². The SMILES string of the molecule is CCCCN(CCCC)C(=O)Cc1nc2ccccc2[nH]1. The van der Waals surface area contributed by atoms with Gasteiger partial charge in [-0.1, -0.05) is 38.8 Å². The molecule has 114 valence electrons. The molecule has 0 atom stereocenters. The molecule has 2 rings (SSSR count). The lowest BCUT2D eigenvalue weighted by atomic mass is 10.2. The Hall–Kier alpha value is -1.84. The number of amides is 1. The number of H-pyrrole nitrogens is 1. The van der Waals surface area contributed by atoms with Crippen LogP contribution in [0.1, 0.15) is 45.4 Å². The molecular formula is C17H25N3O. The Bertz CT molecular complexity index is 535. The minimum Gasteiger partial charge on any atom is -0.342 e. The smallest absolute Gasteiger partial charge is 0.230 e. The number of hydrogen-bond acceptors (Lipinski definition) is 2. The summed E-state index contributed by atoms with van der Waals surface area (Å²) in [6, 6.07) is 7.89. The van der Waals surface area contributed by atoms with Gasteiger partial charge in [0.2, 0.25) is 5.91 Å². The second-order valence-electron chi connectivity index (χ2n) is 5.47. The van der Waals surface area contributed by atoms with Gasteiger partial charge in [0.1, 0.15) is 5.82 Å². The molecule has 0 fully saturated rings. The molecule has 0 aliphatic carbocycles. The van der Waals surface area contributed by atoms with Crippen molar-refractivity contribution in [3.05, 3.63) is 30.1 Å². The first-order valence-electron chi connectivity index (χ1n) is 7.96. The molecule has 0 saturated carbocycles. The van der Waals surface area contributed by atoms with E-state index in [1.165, 1.54) is 0 Å². The molecule has 1 amide bonds. The van der Waals surface area contributed by atoms with Gasteiger partial charge < -0.3 is 9.88 Å². The average molecular weight is 287 g/mol. The maximum Gasteiger partial charge on any atom is 0.230 e. The number of carbonyl (C=O) groups excluding carboxylic acids is 1. The largest absolute Gasteiger partial charge is 0.342 e. The second kappa shape index (κ2) is 7.81. The van der Waals surface area contributed by atoms with E-state index in [2.05, 4.69) is 23.8 Å². The first-order chi connectivity index (χ1) is 10.2. The molecule has 0 aliphatic rings. The summed E-state index contributed by atoms with van der Waals surface area (Å²) in [7, 11) is 0. The molecule has 0 radical (unpaired) electrons. The zero-order chi connectivity index (χ0) is 15.1. The molecule has 2 aromatic rings. The summed E-state index contributed by atoms with van der Waals surface area (Å²) >= 11 is 0. The third-order valence-electron chi connectivity index (χ3n) is 3.67. The van der Waals surface area contributed by atoms with Gasteiger partial charge >= 0.3 is 0 Å². The number of hydrogen-bond donors (Lipinski definition) is 1. The first kappa shape index (κ1) is 15.5. The van der Waals surface area contributed by atoms with Crippen LogP contribution in [0.3, 0.4) is 0 Å². The van der Waals surface area contributed by atoms with Gasteiger partial charge in [0, 0.05) is 13.1 Å². The minimum absolute atomic E-state index is 0.177. The number of fused-ring (bicyclic) bond motifs is 1. The van der Waals surface area contributed by atoms with Crippen molar-refractivity contribution in [3.8, 4) is 0 Å². The van der Waals surface area contributed by atoms with Crippen molar-refractivity contribution in [1.29, 1.82) is 0 Å². The Labute approximate surface area is 126 Å². The topological polar surface area (TPSA) is 49.0 Å². The van der Waals surface area contributed by atoms with Gasteiger partial charge in [0.25, 0.3) is 0 Å². The Morgan fingerprint density at radius 2 is 1.81 bits per heavy atom. The van der Waals surface area contributed by atoms with Crippen LogP contribution < -0.4 is 0 Å². The number of unbranched alkanes of at least 4 members (excludes halogenated alkanes) is 2. The maximum atomic E-state index is 12.5. The van der Waals surface area contributed by atoms with Crippen LogP contribution in [-0.2, 0) is 11.2 Å². The molecule has 1 heterocycles. The fourth-order valence-corrected chi connectivity index (χ4v) is 2.40. The quantitative estimate of drug-likeness (QED) is 0.807. The normalized spacial score (nSPS) is 11.0. The molecule has 0 saturated heterocycles. The van der Waals surface area contributed by atoms with Gasteiger partial charge in [-0.05, 0) is 25.0 Å². The molecule has 21 heavy (non-hydrogen) atoms. The molecule has 4 nitrogen and oxygen atoms in total. The molecule has 0 bridgehead atoms. The molecule has 1 aromatic carbocycles. The zero-order valence-electron chi connectivity index (χ0n) is 13.1. The maximum absolute atomic E-state index is 12.5. The van der Waals surface area contributed by atoms with Crippen molar-refractivity contribution in [2.75, 3.05) is 13.1 Å². The van der Waals surface area contributed by atoms with Crippen LogP contribution in [-0.4, -0.2) is 33.9 Å². The fourth-order valence-electron chi connectivity index (χ4n) is 2.40. The Morgan fingerprint density at radius 1 is 1.14 bits per heavy atom. The average Bonchev–Trinajstić information content (AvgIpc) is 2.89. The van der Waals surface area contributed by atoms with E-state index in [1.807, 2.05) is 29.2 Å². The Kier molecular flexibility index (Phi) is 5.78. The number of nitrogens with one attached hydrogen (secondary N) is 1. The Morgan fingerprint density at radius 3 is 2.43 bits per heavy atom. The number of imidazole rings is 1. The van der Waals surface area contributed by atoms with E-state index >= 15 is 0 Å². The lowest BCUT2D eigenvalue weighted by Crippen LogP contribution is -2.34. The molecule has 4 heteroatoms. The Balaban J connectivity index is 2.02. The fraction of sp³-hybridized carbons (Fsp3) is 0.529. The zero-order valence-corrected chi connectivity index (χ0v) is 13.1. The van der Waals surface area contributed by atoms with E-state index in [9.17, 15) is 4.79 Å². The highest BCUT2D eigenvalue weighted by Crippen LogP contribution is 2.11. The van der Waals surface area contributed by atoms with Crippen molar-refractivity contribution in [1.82, 2.24) is 14.9 Å². The van der Waals surface area contributed by atoms with Crippen molar-refractivity contribution in [2.24, 2.45) is 0 Å². The van der Waals surface area contributed by atoms with Gasteiger partial charge in [-0.2, -0.15) is 0 Å². The predicted octanol–water partition coefficient (Wildman–Crippen LogP) is 3.53. The lowest BCUT2D eigenvalue weighted by Gasteiger charge is -2.22. The number of carbonyl (C=O) groups is 1. The highest BCUT2D eigenvalue weighted by atomic mass is 16.2. The molecule has 1 N–H and O–H groups in total. The number of benzene rings is 1. The summed E-state index contributed by atoms with van der Waals surface area (Å²) in [6.45, 7) is 6.02. The predicted molar refractivity (Wildman–Crippen MR) is 86.2 cm³/mol. The van der Waals surface area contributed by atoms with E-state index in [0.717, 1.165) is 55.6 Å². The van der Waals surface area contributed by atoms with Crippen molar-refractivity contribution >= 4 is 16.9 Å². The van der Waals surface area contributed by atoms with Crippen LogP contribution in [0.4, 0.5) is 0 Å². The highest BCUT2D eigenvalue weighted by molar-refractivity contribution is 5.80. The molecule has 0 spiro atoms. The van der Waals surface area contributed by atoms with E-state index in [1.54, 1.807) is 0 Å². The van der Waals surface area contributed by atoms with Gasteiger partial charge in [-0.25, -0.2) is 4.98 Å². The minimum atomic E-state index is 0.177. The van der Waals surface area contributed by atoms with Gasteiger partial charge in [0.15, 0.2) is 0 Å². The summed E-state index contributed by atoms with van der Waals surface area (Å²) in [5.41, 5.74) is 1.92. The van der Waals surface area contributed by atoms with Crippen molar-refractivity contribution < 1.29 is 4.79 Å². The summed E-state index contributed by atoms with van der Waals surface area (Å²) in [5, 5.41) is 0. The third-order valence-corrected chi connectivity index (χ3v) is 3.67. The van der Waals surface area contributed by atoms with Crippen molar-refractivity contribution in [3.63, 3.8) is 0 Å². The number of rotatable bonds is 8. The van der Waals surface area contributed by atoms with Crippen LogP contribution in [0, 0.1) is 0 Å². The second-order valence-corrected chi connectivity index (χ2v) is 5.47. The van der Waals surface area contributed by atoms with Crippen LogP contribution in [0.2, 0.25) is 0 Å². The number of aromatic amines is 1. The molecule has 1 aromatic heterocycles. The monoisotopic (exact) mass is 287 g/mol. The van der Waals surface area contributed by atoms with Gasteiger partial charge in [-0.15, -0.1) is 0 Å². The number of nitrogens with zero attached hydrogens (tertiary/aromatic N) is 2. The van der Waals surface area contributed by atoms with E-state index in [4.69, 9.17) is 0 Å². The van der Waals surface area contributed by atoms with E-state index in [0.29, 0.717) is 6.42 Å². The van der Waals surface area contributed by atoms with Crippen LogP contribution in [0.5, 0.6) is 0 Å². The summed E-state index contributed by atoms with van der Waals surface area (Å²) in [5.74, 6) is 0.940. The van der Waals surface area contributed by atoms with Crippen LogP contribution in [0.15, 0.2) is 24.3 Å². The number of aromatic nitrogens is 2. The molecule has 0 unspecified atom stereocenters. The van der Waals surface area contributed by atoms with E-state index in [-0.39, 0.29) is 5.91 Å². The van der Waals surface area contributed by atoms with Crippen LogP contribution in [0.25, 0.3) is 11.0 Å². The molecule has 0 aliphatic heterocycles. The lowest BCUT2D eigenvalue weighted by molar-refractivity contribution is -0.130. The van der Waals surface area contributed by atoms with Crippen LogP contribution >= 0.6 is 0 Å². The highest BCUT2D eigenvalue weighted by Gasteiger charge is 2.15. The standard InChI is InChI=1S/C17H25N3O/c1-3-5-11-20(12-6-4-2)17(21)13-16-18-14-9-7-8-10-15(14)19-16/h7-10H,3-6,11-13H2,1-2H3,(H,18,19). The molecular weight excluding hydrogens is 262 g/mol. The third kappa shape index (κ3) is 4.31. The summed E-state index contributed by atoms with van der Waals surface area (Å²) < 4.78 is 0. The van der Waals surface area contributed by atoms with Gasteiger partial charge in [0.05, 0.1) is 17.5 Å². The van der Waals surface area contributed by atoms with Crippen molar-refractivity contribution in [2.45, 2.75) is 46.0 Å². The first-order valence-corrected chi connectivity index (χ1v) is 7.96.